The van der Waals surface area contributed by atoms with Crippen molar-refractivity contribution in [2.45, 2.75) is 32.4 Å². The molecular weight excluding hydrogens is 241 g/mol. The van der Waals surface area contributed by atoms with Crippen LogP contribution in [0.5, 0.6) is 0 Å². The number of rotatable bonds is 6. The van der Waals surface area contributed by atoms with Crippen molar-refractivity contribution in [2.75, 3.05) is 0 Å². The van der Waals surface area contributed by atoms with Crippen molar-refractivity contribution in [2.24, 2.45) is 7.05 Å². The Hall–Kier alpha value is -1.68. The molecule has 102 valence electrons. The van der Waals surface area contributed by atoms with Crippen molar-refractivity contribution >= 4 is 0 Å². The quantitative estimate of drug-likeness (QED) is 0.866. The molecule has 0 spiro atoms. The van der Waals surface area contributed by atoms with E-state index in [4.69, 9.17) is 0 Å². The molecule has 0 saturated heterocycles. The molecule has 0 aliphatic rings. The number of aryl methyl sites for hydroxylation is 2. The molecule has 2 rings (SSSR count). The first-order valence-corrected chi connectivity index (χ1v) is 6.60. The zero-order valence-corrected chi connectivity index (χ0v) is 11.4. The smallest absolute Gasteiger partial charge is 0.126 e. The van der Waals surface area contributed by atoms with Crippen LogP contribution in [0.15, 0.2) is 36.5 Å². The van der Waals surface area contributed by atoms with E-state index < -0.39 is 0 Å². The SMILES string of the molecule is CC(CCc1ccccc1F)NCc1ccnn1C. The van der Waals surface area contributed by atoms with E-state index in [1.54, 1.807) is 12.3 Å². The molecule has 1 atom stereocenters. The van der Waals surface area contributed by atoms with Gasteiger partial charge in [-0.25, -0.2) is 4.39 Å². The van der Waals surface area contributed by atoms with Crippen LogP contribution in [0.3, 0.4) is 0 Å². The molecule has 1 aromatic heterocycles. The van der Waals surface area contributed by atoms with Crippen LogP contribution in [-0.4, -0.2) is 15.8 Å². The summed E-state index contributed by atoms with van der Waals surface area (Å²) in [6.45, 7) is 2.91. The molecule has 19 heavy (non-hydrogen) atoms. The van der Waals surface area contributed by atoms with E-state index in [9.17, 15) is 4.39 Å². The topological polar surface area (TPSA) is 29.9 Å². The lowest BCUT2D eigenvalue weighted by Crippen LogP contribution is -2.27. The summed E-state index contributed by atoms with van der Waals surface area (Å²) in [6.07, 6.45) is 3.46. The number of nitrogens with one attached hydrogen (secondary N) is 1. The molecule has 4 heteroatoms. The lowest BCUT2D eigenvalue weighted by molar-refractivity contribution is 0.494. The first-order valence-electron chi connectivity index (χ1n) is 6.60. The molecule has 1 unspecified atom stereocenters. The molecule has 1 aromatic carbocycles. The van der Waals surface area contributed by atoms with Gasteiger partial charge in [0.1, 0.15) is 5.82 Å². The van der Waals surface area contributed by atoms with Gasteiger partial charge in [-0.05, 0) is 37.5 Å². The zero-order valence-electron chi connectivity index (χ0n) is 11.4. The fourth-order valence-corrected chi connectivity index (χ4v) is 2.03. The van der Waals surface area contributed by atoms with E-state index in [-0.39, 0.29) is 5.82 Å². The van der Waals surface area contributed by atoms with Gasteiger partial charge in [-0.3, -0.25) is 4.68 Å². The zero-order chi connectivity index (χ0) is 13.7. The van der Waals surface area contributed by atoms with Gasteiger partial charge in [0.15, 0.2) is 0 Å². The summed E-state index contributed by atoms with van der Waals surface area (Å²) in [5.41, 5.74) is 1.94. The molecule has 1 heterocycles. The van der Waals surface area contributed by atoms with Gasteiger partial charge < -0.3 is 5.32 Å². The fraction of sp³-hybridized carbons (Fsp3) is 0.400. The van der Waals surface area contributed by atoms with Crippen molar-refractivity contribution in [1.29, 1.82) is 0 Å². The largest absolute Gasteiger partial charge is 0.309 e. The minimum atomic E-state index is -0.110. The minimum absolute atomic E-state index is 0.110. The summed E-state index contributed by atoms with van der Waals surface area (Å²) >= 11 is 0. The molecule has 0 aliphatic heterocycles. The Morgan fingerprint density at radius 2 is 2.11 bits per heavy atom. The van der Waals surface area contributed by atoms with Crippen molar-refractivity contribution in [1.82, 2.24) is 15.1 Å². The monoisotopic (exact) mass is 261 g/mol. The Labute approximate surface area is 113 Å². The van der Waals surface area contributed by atoms with Crippen LogP contribution in [0, 0.1) is 5.82 Å². The van der Waals surface area contributed by atoms with Gasteiger partial charge >= 0.3 is 0 Å². The first kappa shape index (κ1) is 13.7. The van der Waals surface area contributed by atoms with Crippen LogP contribution >= 0.6 is 0 Å². The van der Waals surface area contributed by atoms with Gasteiger partial charge in [-0.15, -0.1) is 0 Å². The van der Waals surface area contributed by atoms with E-state index in [0.29, 0.717) is 6.04 Å². The highest BCUT2D eigenvalue weighted by atomic mass is 19.1. The van der Waals surface area contributed by atoms with Crippen molar-refractivity contribution < 1.29 is 4.39 Å². The third kappa shape index (κ3) is 3.89. The highest BCUT2D eigenvalue weighted by Crippen LogP contribution is 2.10. The number of hydrogen-bond donors (Lipinski definition) is 1. The van der Waals surface area contributed by atoms with Crippen molar-refractivity contribution in [3.05, 3.63) is 53.6 Å². The molecular formula is C15H20FN3. The molecule has 0 bridgehead atoms. The Morgan fingerprint density at radius 3 is 2.79 bits per heavy atom. The van der Waals surface area contributed by atoms with Crippen LogP contribution in [-0.2, 0) is 20.0 Å². The predicted octanol–water partition coefficient (Wildman–Crippen LogP) is 2.67. The van der Waals surface area contributed by atoms with Crippen LogP contribution in [0.1, 0.15) is 24.6 Å². The van der Waals surface area contributed by atoms with Gasteiger partial charge in [-0.1, -0.05) is 18.2 Å². The van der Waals surface area contributed by atoms with Crippen LogP contribution < -0.4 is 5.32 Å². The Kier molecular flexibility index (Phi) is 4.68. The van der Waals surface area contributed by atoms with Gasteiger partial charge in [0.2, 0.25) is 0 Å². The molecule has 2 aromatic rings. The predicted molar refractivity (Wildman–Crippen MR) is 74.2 cm³/mol. The lowest BCUT2D eigenvalue weighted by atomic mass is 10.1. The van der Waals surface area contributed by atoms with E-state index >= 15 is 0 Å². The number of hydrogen-bond acceptors (Lipinski definition) is 2. The number of halogens is 1. The maximum atomic E-state index is 13.5. The first-order chi connectivity index (χ1) is 9.16. The van der Waals surface area contributed by atoms with Gasteiger partial charge in [0.25, 0.3) is 0 Å². The summed E-state index contributed by atoms with van der Waals surface area (Å²) in [7, 11) is 1.93. The van der Waals surface area contributed by atoms with E-state index in [1.807, 2.05) is 29.9 Å². The maximum Gasteiger partial charge on any atom is 0.126 e. The Balaban J connectivity index is 1.77. The van der Waals surface area contributed by atoms with Crippen LogP contribution in [0.25, 0.3) is 0 Å². The highest BCUT2D eigenvalue weighted by molar-refractivity contribution is 5.17. The third-order valence-electron chi connectivity index (χ3n) is 3.36. The summed E-state index contributed by atoms with van der Waals surface area (Å²) in [4.78, 5) is 0. The second-order valence-electron chi connectivity index (χ2n) is 4.86. The second kappa shape index (κ2) is 6.48. The minimum Gasteiger partial charge on any atom is -0.309 e. The number of nitrogens with zero attached hydrogens (tertiary/aromatic N) is 2. The normalized spacial score (nSPS) is 12.6. The average Bonchev–Trinajstić information content (AvgIpc) is 2.81. The van der Waals surface area contributed by atoms with Crippen LogP contribution in [0.4, 0.5) is 4.39 Å². The van der Waals surface area contributed by atoms with E-state index in [1.165, 1.54) is 6.07 Å². The summed E-state index contributed by atoms with van der Waals surface area (Å²) in [5, 5.41) is 7.56. The number of benzene rings is 1. The van der Waals surface area contributed by atoms with E-state index in [2.05, 4.69) is 17.3 Å². The van der Waals surface area contributed by atoms with Crippen molar-refractivity contribution in [3.8, 4) is 0 Å². The maximum absolute atomic E-state index is 13.5. The standard InChI is InChI=1S/C15H20FN3/c1-12(17-11-14-9-10-18-19(14)2)7-8-13-5-3-4-6-15(13)16/h3-6,9-10,12,17H,7-8,11H2,1-2H3. The molecule has 0 radical (unpaired) electrons. The van der Waals surface area contributed by atoms with Crippen molar-refractivity contribution in [3.63, 3.8) is 0 Å². The molecule has 3 nitrogen and oxygen atoms in total. The number of aromatic nitrogens is 2. The molecule has 0 saturated carbocycles. The molecule has 0 amide bonds. The van der Waals surface area contributed by atoms with Gasteiger partial charge in [-0.2, -0.15) is 5.10 Å². The fourth-order valence-electron chi connectivity index (χ4n) is 2.03. The molecule has 0 aliphatic carbocycles. The Morgan fingerprint density at radius 1 is 1.32 bits per heavy atom. The second-order valence-corrected chi connectivity index (χ2v) is 4.86. The van der Waals surface area contributed by atoms with Gasteiger partial charge in [0.05, 0.1) is 5.69 Å². The van der Waals surface area contributed by atoms with Gasteiger partial charge in [0, 0.05) is 25.8 Å². The summed E-state index contributed by atoms with van der Waals surface area (Å²) < 4.78 is 15.3. The highest BCUT2D eigenvalue weighted by Gasteiger charge is 2.06. The molecule has 0 fully saturated rings. The summed E-state index contributed by atoms with van der Waals surface area (Å²) in [6, 6.07) is 9.31. The Bertz CT molecular complexity index is 522. The molecule has 1 N–H and O–H groups in total. The van der Waals surface area contributed by atoms with E-state index in [0.717, 1.165) is 30.6 Å². The summed E-state index contributed by atoms with van der Waals surface area (Å²) in [5.74, 6) is -0.110. The third-order valence-corrected chi connectivity index (χ3v) is 3.36. The average molecular weight is 261 g/mol. The lowest BCUT2D eigenvalue weighted by Gasteiger charge is -2.14. The van der Waals surface area contributed by atoms with Crippen LogP contribution in [0.2, 0.25) is 0 Å².